The fourth-order valence-electron chi connectivity index (χ4n) is 3.90. The van der Waals surface area contributed by atoms with E-state index in [0.29, 0.717) is 32.1 Å². The van der Waals surface area contributed by atoms with Gasteiger partial charge in [-0.05, 0) is 50.0 Å². The molecule has 204 valence electrons. The zero-order valence-electron chi connectivity index (χ0n) is 20.9. The largest absolute Gasteiger partial charge is 0.550 e. The first-order chi connectivity index (χ1) is 17.2. The molecule has 1 aliphatic carbocycles. The van der Waals surface area contributed by atoms with Crippen molar-refractivity contribution in [3.63, 3.8) is 0 Å². The molecule has 1 aromatic carbocycles. The minimum Gasteiger partial charge on any atom is -0.550 e. The molecule has 1 saturated carbocycles. The Morgan fingerprint density at radius 3 is 2.28 bits per heavy atom. The predicted molar refractivity (Wildman–Crippen MR) is 133 cm³/mol. The van der Waals surface area contributed by atoms with Gasteiger partial charge in [0, 0.05) is 18.3 Å². The highest BCUT2D eigenvalue weighted by Crippen LogP contribution is 2.36. The molecule has 5 atom stereocenters. The van der Waals surface area contributed by atoms with Crippen molar-refractivity contribution in [2.24, 2.45) is 11.8 Å². The number of quaternary nitrogens is 1. The molecule has 0 heterocycles. The number of aliphatic hydroxyl groups is 6. The van der Waals surface area contributed by atoms with Crippen LogP contribution in [0.15, 0.2) is 54.6 Å². The van der Waals surface area contributed by atoms with E-state index in [-0.39, 0.29) is 38.1 Å². The molecule has 9 N–H and O–H groups in total. The van der Waals surface area contributed by atoms with E-state index in [1.54, 1.807) is 6.08 Å². The van der Waals surface area contributed by atoms with Gasteiger partial charge in [0.1, 0.15) is 19.8 Å². The van der Waals surface area contributed by atoms with E-state index in [2.05, 4.69) is 5.73 Å². The smallest absolute Gasteiger partial charge is 0.164 e. The van der Waals surface area contributed by atoms with Gasteiger partial charge in [0.15, 0.2) is 5.54 Å². The van der Waals surface area contributed by atoms with Crippen LogP contribution in [0.4, 0.5) is 0 Å². The summed E-state index contributed by atoms with van der Waals surface area (Å²) in [5.41, 5.74) is 3.59. The lowest BCUT2D eigenvalue weighted by Crippen LogP contribution is -2.78. The first-order valence-electron chi connectivity index (χ1n) is 12.4. The first-order valence-corrected chi connectivity index (χ1v) is 12.4. The van der Waals surface area contributed by atoms with Crippen molar-refractivity contribution >= 4 is 5.97 Å². The SMILES string of the molecule is O=C([O-])CCC/C=C/CC1C(O)CC(O)C1/C=C/C(O)CCc1ccccc1.[NH3+]C(CO)(CO)CO. The number of carboxylic acid groups (broad SMARTS) is 1. The summed E-state index contributed by atoms with van der Waals surface area (Å²) in [6, 6.07) is 9.98. The lowest BCUT2D eigenvalue weighted by Gasteiger charge is -2.19. The number of carboxylic acids is 1. The van der Waals surface area contributed by atoms with Crippen LogP contribution in [-0.2, 0) is 11.2 Å². The number of aryl methyl sites for hydroxylation is 1. The van der Waals surface area contributed by atoms with Gasteiger partial charge in [0.05, 0.1) is 18.3 Å². The van der Waals surface area contributed by atoms with Gasteiger partial charge < -0.3 is 46.3 Å². The highest BCUT2D eigenvalue weighted by atomic mass is 16.4. The van der Waals surface area contributed by atoms with Crippen LogP contribution in [0, 0.1) is 11.8 Å². The van der Waals surface area contributed by atoms with Gasteiger partial charge in [0.2, 0.25) is 0 Å². The number of aliphatic hydroxyl groups excluding tert-OH is 6. The number of aliphatic carboxylic acids is 1. The zero-order valence-corrected chi connectivity index (χ0v) is 20.9. The van der Waals surface area contributed by atoms with Crippen molar-refractivity contribution in [3.8, 4) is 0 Å². The Bertz CT molecular complexity index is 773. The van der Waals surface area contributed by atoms with Gasteiger partial charge in [-0.1, -0.05) is 54.6 Å². The maximum atomic E-state index is 10.4. The van der Waals surface area contributed by atoms with Gasteiger partial charge in [0.25, 0.3) is 0 Å². The van der Waals surface area contributed by atoms with E-state index in [1.807, 2.05) is 48.6 Å². The van der Waals surface area contributed by atoms with E-state index in [4.69, 9.17) is 15.3 Å². The summed E-state index contributed by atoms with van der Waals surface area (Å²) in [5, 5.41) is 66.3. The van der Waals surface area contributed by atoms with Crippen molar-refractivity contribution in [3.05, 3.63) is 60.2 Å². The molecule has 2 rings (SSSR count). The monoisotopic (exact) mass is 509 g/mol. The molecule has 0 aromatic heterocycles. The molecule has 36 heavy (non-hydrogen) atoms. The summed E-state index contributed by atoms with van der Waals surface area (Å²) in [4.78, 5) is 10.4. The van der Waals surface area contributed by atoms with Gasteiger partial charge >= 0.3 is 0 Å². The van der Waals surface area contributed by atoms with Crippen molar-refractivity contribution in [1.29, 1.82) is 0 Å². The number of carbonyl (C=O) groups excluding carboxylic acids is 1. The minimum absolute atomic E-state index is 0.0430. The van der Waals surface area contributed by atoms with Crippen LogP contribution in [0.25, 0.3) is 0 Å². The second kappa shape index (κ2) is 17.4. The molecular weight excluding hydrogens is 466 g/mol. The third kappa shape index (κ3) is 12.2. The Labute approximate surface area is 213 Å². The summed E-state index contributed by atoms with van der Waals surface area (Å²) < 4.78 is 0. The van der Waals surface area contributed by atoms with E-state index in [1.165, 1.54) is 5.56 Å². The van der Waals surface area contributed by atoms with Gasteiger partial charge in [-0.2, -0.15) is 0 Å². The molecule has 0 amide bonds. The van der Waals surface area contributed by atoms with Crippen molar-refractivity contribution in [2.45, 2.75) is 68.8 Å². The second-order valence-corrected chi connectivity index (χ2v) is 9.53. The molecule has 0 radical (unpaired) electrons. The molecule has 1 aromatic rings. The average Bonchev–Trinajstić information content (AvgIpc) is 3.15. The second-order valence-electron chi connectivity index (χ2n) is 9.53. The Balaban J connectivity index is 0.000000697. The number of carbonyl (C=O) groups is 1. The molecular formula is C27H43NO8. The van der Waals surface area contributed by atoms with Gasteiger partial charge in [-0.15, -0.1) is 0 Å². The van der Waals surface area contributed by atoms with Gasteiger partial charge in [-0.25, -0.2) is 0 Å². The standard InChI is InChI=1S/C23H32O5.C4H11NO3/c24-18(13-12-17-8-4-3-5-9-17)14-15-20-19(21(25)16-22(20)26)10-6-1-2-7-11-23(27)28;5-4(1-6,2-7)3-8/h1,3-6,8-9,14-15,18-22,24-26H,2,7,10-13,16H2,(H,27,28);6-8H,1-3,5H2/b6-1+,15-14+;. The van der Waals surface area contributed by atoms with E-state index in [0.717, 1.165) is 6.42 Å². The molecule has 1 aliphatic rings. The van der Waals surface area contributed by atoms with Crippen LogP contribution in [0.5, 0.6) is 0 Å². The molecule has 0 aliphatic heterocycles. The molecule has 1 fully saturated rings. The third-order valence-corrected chi connectivity index (χ3v) is 6.38. The molecule has 0 saturated heterocycles. The normalized spacial score (nSPS) is 23.1. The molecule has 5 unspecified atom stereocenters. The van der Waals surface area contributed by atoms with Crippen molar-refractivity contribution in [2.75, 3.05) is 19.8 Å². The Morgan fingerprint density at radius 1 is 1.08 bits per heavy atom. The maximum Gasteiger partial charge on any atom is 0.164 e. The van der Waals surface area contributed by atoms with Crippen LogP contribution in [0.1, 0.15) is 44.1 Å². The molecule has 0 bridgehead atoms. The zero-order chi connectivity index (χ0) is 27.0. The lowest BCUT2D eigenvalue weighted by molar-refractivity contribution is -0.494. The van der Waals surface area contributed by atoms with Crippen LogP contribution < -0.4 is 10.8 Å². The highest BCUT2D eigenvalue weighted by molar-refractivity contribution is 5.64. The Morgan fingerprint density at radius 2 is 1.72 bits per heavy atom. The van der Waals surface area contributed by atoms with E-state index in [9.17, 15) is 25.2 Å². The highest BCUT2D eigenvalue weighted by Gasteiger charge is 2.39. The minimum atomic E-state index is -1.04. The van der Waals surface area contributed by atoms with E-state index >= 15 is 0 Å². The summed E-state index contributed by atoms with van der Waals surface area (Å²) in [7, 11) is 0. The lowest BCUT2D eigenvalue weighted by atomic mass is 9.89. The van der Waals surface area contributed by atoms with Crippen LogP contribution in [-0.4, -0.2) is 80.3 Å². The molecule has 9 nitrogen and oxygen atoms in total. The fraction of sp³-hybridized carbons (Fsp3) is 0.593. The third-order valence-electron chi connectivity index (χ3n) is 6.38. The number of rotatable bonds is 14. The number of benzene rings is 1. The first kappa shape index (κ1) is 31.9. The summed E-state index contributed by atoms with van der Waals surface area (Å²) in [5.74, 6) is -1.35. The van der Waals surface area contributed by atoms with Crippen LogP contribution in [0.2, 0.25) is 0 Å². The predicted octanol–water partition coefficient (Wildman–Crippen LogP) is -1.30. The summed E-state index contributed by atoms with van der Waals surface area (Å²) in [6.45, 7) is -0.875. The molecule has 9 heteroatoms. The summed E-state index contributed by atoms with van der Waals surface area (Å²) >= 11 is 0. The van der Waals surface area contributed by atoms with Crippen LogP contribution >= 0.6 is 0 Å². The van der Waals surface area contributed by atoms with E-state index < -0.39 is 29.8 Å². The Kier molecular flexibility index (Phi) is 15.4. The maximum absolute atomic E-state index is 10.4. The van der Waals surface area contributed by atoms with Crippen molar-refractivity contribution in [1.82, 2.24) is 0 Å². The number of hydrogen-bond donors (Lipinski definition) is 7. The quantitative estimate of drug-likeness (QED) is 0.119. The number of hydrogen-bond acceptors (Lipinski definition) is 8. The number of unbranched alkanes of at least 4 members (excludes halogenated alkanes) is 1. The van der Waals surface area contributed by atoms with Crippen LogP contribution in [0.3, 0.4) is 0 Å². The average molecular weight is 510 g/mol. The molecule has 0 spiro atoms. The topological polar surface area (TPSA) is 189 Å². The fourth-order valence-corrected chi connectivity index (χ4v) is 3.90. The summed E-state index contributed by atoms with van der Waals surface area (Å²) in [6.07, 6.45) is 9.17. The Hall–Kier alpha value is -2.11. The van der Waals surface area contributed by atoms with Crippen molar-refractivity contribution < 1.29 is 46.3 Å². The number of allylic oxidation sites excluding steroid dienone is 2. The van der Waals surface area contributed by atoms with Gasteiger partial charge in [-0.3, -0.25) is 0 Å².